The van der Waals surface area contributed by atoms with Crippen LogP contribution in [0.15, 0.2) is 53.4 Å². The Kier molecular flexibility index (Phi) is 5.96. The van der Waals surface area contributed by atoms with Gasteiger partial charge >= 0.3 is 6.18 Å². The minimum absolute atomic E-state index is 0.0324. The van der Waals surface area contributed by atoms with E-state index in [0.717, 1.165) is 42.1 Å². The van der Waals surface area contributed by atoms with Crippen LogP contribution in [0, 0.1) is 5.92 Å². The Morgan fingerprint density at radius 1 is 0.912 bits per heavy atom. The number of hydrogen-bond donors (Lipinski definition) is 0. The van der Waals surface area contributed by atoms with E-state index in [1.54, 1.807) is 0 Å². The second-order valence-corrected chi connectivity index (χ2v) is 11.3. The summed E-state index contributed by atoms with van der Waals surface area (Å²) in [6, 6.07) is 12.7. The highest BCUT2D eigenvalue weighted by atomic mass is 32.2. The van der Waals surface area contributed by atoms with Gasteiger partial charge in [0.1, 0.15) is 0 Å². The molecule has 0 radical (unpaired) electrons. The maximum Gasteiger partial charge on any atom is 0.417 e. The van der Waals surface area contributed by atoms with E-state index in [-0.39, 0.29) is 37.0 Å². The molecule has 0 spiro atoms. The van der Waals surface area contributed by atoms with Gasteiger partial charge in [0.25, 0.3) is 0 Å². The second-order valence-electron chi connectivity index (χ2n) is 9.40. The number of amides is 1. The van der Waals surface area contributed by atoms with Crippen molar-refractivity contribution in [1.82, 2.24) is 9.21 Å². The summed E-state index contributed by atoms with van der Waals surface area (Å²) >= 11 is 0. The predicted molar refractivity (Wildman–Crippen MR) is 120 cm³/mol. The SMILES string of the molecule is O=C(C1CCN(S(=O)(=O)c2ccccc2C(F)(F)F)CC1)N(C1CC1)C1CCc2ccccc21. The summed E-state index contributed by atoms with van der Waals surface area (Å²) in [4.78, 5) is 14.9. The van der Waals surface area contributed by atoms with E-state index in [1.807, 2.05) is 17.0 Å². The minimum Gasteiger partial charge on any atom is -0.332 e. The van der Waals surface area contributed by atoms with E-state index in [9.17, 15) is 26.4 Å². The first-order chi connectivity index (χ1) is 16.2. The zero-order valence-electron chi connectivity index (χ0n) is 18.7. The van der Waals surface area contributed by atoms with E-state index in [0.29, 0.717) is 12.8 Å². The number of sulfonamides is 1. The van der Waals surface area contributed by atoms with E-state index >= 15 is 0 Å². The highest BCUT2D eigenvalue weighted by Crippen LogP contribution is 2.43. The first-order valence-electron chi connectivity index (χ1n) is 11.7. The molecule has 2 aromatic carbocycles. The van der Waals surface area contributed by atoms with Crippen molar-refractivity contribution in [2.24, 2.45) is 5.92 Å². The van der Waals surface area contributed by atoms with Gasteiger partial charge in [-0.1, -0.05) is 36.4 Å². The van der Waals surface area contributed by atoms with Crippen LogP contribution >= 0.6 is 0 Å². The van der Waals surface area contributed by atoms with Crippen LogP contribution in [0.4, 0.5) is 13.2 Å². The molecule has 3 aliphatic rings. The van der Waals surface area contributed by atoms with Crippen molar-refractivity contribution in [3.8, 4) is 0 Å². The fraction of sp³-hybridized carbons (Fsp3) is 0.480. The Labute approximate surface area is 197 Å². The lowest BCUT2D eigenvalue weighted by atomic mass is 9.95. The normalized spacial score (nSPS) is 21.9. The molecule has 1 saturated heterocycles. The van der Waals surface area contributed by atoms with Gasteiger partial charge < -0.3 is 4.90 Å². The third-order valence-electron chi connectivity index (χ3n) is 7.25. The number of carbonyl (C=O) groups is 1. The molecule has 182 valence electrons. The van der Waals surface area contributed by atoms with Crippen molar-refractivity contribution >= 4 is 15.9 Å². The zero-order valence-corrected chi connectivity index (χ0v) is 19.5. The smallest absolute Gasteiger partial charge is 0.332 e. The van der Waals surface area contributed by atoms with Gasteiger partial charge in [0.15, 0.2) is 0 Å². The number of alkyl halides is 3. The standard InChI is InChI=1S/C25H27F3N2O3S/c26-25(27,28)21-7-3-4-8-23(21)34(32,33)29-15-13-18(14-16-29)24(31)30(19-10-11-19)22-12-9-17-5-1-2-6-20(17)22/h1-8,18-19,22H,9-16H2. The highest BCUT2D eigenvalue weighted by Gasteiger charge is 2.44. The molecule has 2 aliphatic carbocycles. The molecule has 1 amide bonds. The van der Waals surface area contributed by atoms with Gasteiger partial charge in [-0.05, 0) is 61.8 Å². The van der Waals surface area contributed by atoms with Gasteiger partial charge in [-0.15, -0.1) is 0 Å². The predicted octanol–water partition coefficient (Wildman–Crippen LogP) is 4.78. The maximum atomic E-state index is 13.6. The van der Waals surface area contributed by atoms with Crippen LogP contribution in [0.1, 0.15) is 54.8 Å². The van der Waals surface area contributed by atoms with Crippen LogP contribution in [0.2, 0.25) is 0 Å². The maximum absolute atomic E-state index is 13.6. The zero-order chi connectivity index (χ0) is 24.1. The van der Waals surface area contributed by atoms with Gasteiger partial charge in [-0.25, -0.2) is 8.42 Å². The Balaban J connectivity index is 1.31. The lowest BCUT2D eigenvalue weighted by Crippen LogP contribution is -2.46. The number of nitrogens with zero attached hydrogens (tertiary/aromatic N) is 2. The Hall–Kier alpha value is -2.39. The highest BCUT2D eigenvalue weighted by molar-refractivity contribution is 7.89. The van der Waals surface area contributed by atoms with Crippen LogP contribution in [0.3, 0.4) is 0 Å². The largest absolute Gasteiger partial charge is 0.417 e. The molecule has 0 aromatic heterocycles. The number of hydrogen-bond acceptors (Lipinski definition) is 3. The lowest BCUT2D eigenvalue weighted by molar-refractivity contribution is -0.140. The number of aryl methyl sites for hydroxylation is 1. The van der Waals surface area contributed by atoms with Crippen molar-refractivity contribution in [3.05, 3.63) is 65.2 Å². The van der Waals surface area contributed by atoms with Crippen LogP contribution in [0.25, 0.3) is 0 Å². The summed E-state index contributed by atoms with van der Waals surface area (Å²) in [6.45, 7) is 0.0649. The van der Waals surface area contributed by atoms with Gasteiger partial charge in [0, 0.05) is 25.0 Å². The van der Waals surface area contributed by atoms with Gasteiger partial charge in [-0.2, -0.15) is 17.5 Å². The average molecular weight is 493 g/mol. The van der Waals surface area contributed by atoms with Crippen molar-refractivity contribution < 1.29 is 26.4 Å². The molecule has 1 atom stereocenters. The van der Waals surface area contributed by atoms with Crippen molar-refractivity contribution in [2.45, 2.75) is 61.7 Å². The number of carbonyl (C=O) groups excluding carboxylic acids is 1. The van der Waals surface area contributed by atoms with Crippen molar-refractivity contribution in [1.29, 1.82) is 0 Å². The van der Waals surface area contributed by atoms with Crippen LogP contribution in [0.5, 0.6) is 0 Å². The lowest BCUT2D eigenvalue weighted by Gasteiger charge is -2.37. The van der Waals surface area contributed by atoms with Crippen molar-refractivity contribution in [2.75, 3.05) is 13.1 Å². The number of halogens is 3. The summed E-state index contributed by atoms with van der Waals surface area (Å²) < 4.78 is 67.4. The van der Waals surface area contributed by atoms with E-state index in [4.69, 9.17) is 0 Å². The van der Waals surface area contributed by atoms with Crippen LogP contribution in [-0.2, 0) is 27.4 Å². The number of fused-ring (bicyclic) bond motifs is 1. The van der Waals surface area contributed by atoms with E-state index in [1.165, 1.54) is 23.3 Å². The number of benzene rings is 2. The van der Waals surface area contributed by atoms with Gasteiger partial charge in [0.2, 0.25) is 15.9 Å². The summed E-state index contributed by atoms with van der Waals surface area (Å²) in [6.07, 6.45) is -0.360. The quantitative estimate of drug-likeness (QED) is 0.604. The first kappa shape index (κ1) is 23.4. The van der Waals surface area contributed by atoms with Crippen molar-refractivity contribution in [3.63, 3.8) is 0 Å². The number of rotatable bonds is 5. The second kappa shape index (κ2) is 8.68. The Bertz CT molecular complexity index is 1190. The summed E-state index contributed by atoms with van der Waals surface area (Å²) in [7, 11) is -4.32. The fourth-order valence-corrected chi connectivity index (χ4v) is 7.07. The van der Waals surface area contributed by atoms with Gasteiger partial charge in [-0.3, -0.25) is 4.79 Å². The molecule has 2 aromatic rings. The van der Waals surface area contributed by atoms with Crippen LogP contribution < -0.4 is 0 Å². The molecule has 2 fully saturated rings. The third kappa shape index (κ3) is 4.24. The molecule has 0 N–H and O–H groups in total. The van der Waals surface area contributed by atoms with E-state index < -0.39 is 26.7 Å². The topological polar surface area (TPSA) is 57.7 Å². The summed E-state index contributed by atoms with van der Waals surface area (Å²) in [5, 5.41) is 0. The molecule has 1 heterocycles. The Morgan fingerprint density at radius 3 is 2.24 bits per heavy atom. The molecule has 34 heavy (non-hydrogen) atoms. The summed E-state index contributed by atoms with van der Waals surface area (Å²) in [5.74, 6) is -0.269. The molecule has 5 rings (SSSR count). The van der Waals surface area contributed by atoms with Crippen LogP contribution in [-0.4, -0.2) is 42.7 Å². The molecule has 1 saturated carbocycles. The monoisotopic (exact) mass is 492 g/mol. The van der Waals surface area contributed by atoms with E-state index in [2.05, 4.69) is 12.1 Å². The fourth-order valence-electron chi connectivity index (χ4n) is 5.38. The molecule has 1 aliphatic heterocycles. The molecule has 1 unspecified atom stereocenters. The van der Waals surface area contributed by atoms with Gasteiger partial charge in [0.05, 0.1) is 16.5 Å². The first-order valence-corrected chi connectivity index (χ1v) is 13.2. The molecular formula is C25H27F3N2O3S. The Morgan fingerprint density at radius 2 is 1.56 bits per heavy atom. The molecular weight excluding hydrogens is 465 g/mol. The third-order valence-corrected chi connectivity index (χ3v) is 9.20. The molecule has 9 heteroatoms. The minimum atomic E-state index is -4.76. The number of piperidine rings is 1. The summed E-state index contributed by atoms with van der Waals surface area (Å²) in [5.41, 5.74) is 1.31. The molecule has 5 nitrogen and oxygen atoms in total. The molecule has 0 bridgehead atoms. The average Bonchev–Trinajstić information content (AvgIpc) is 3.58.